The van der Waals surface area contributed by atoms with E-state index in [9.17, 15) is 8.42 Å². The van der Waals surface area contributed by atoms with Gasteiger partial charge in [-0.3, -0.25) is 0 Å². The van der Waals surface area contributed by atoms with Crippen LogP contribution in [-0.2, 0) is 14.8 Å². The molecule has 2 rings (SSSR count). The maximum Gasteiger partial charge on any atom is 0.241 e. The quantitative estimate of drug-likeness (QED) is 0.870. The van der Waals surface area contributed by atoms with Gasteiger partial charge in [0.05, 0.1) is 22.6 Å². The summed E-state index contributed by atoms with van der Waals surface area (Å²) in [5, 5.41) is 0. The second-order valence-corrected chi connectivity index (χ2v) is 7.33. The third-order valence-corrected chi connectivity index (χ3v) is 5.45. The van der Waals surface area contributed by atoms with Gasteiger partial charge in [0.15, 0.2) is 0 Å². The molecule has 0 aromatic heterocycles. The van der Waals surface area contributed by atoms with E-state index in [-0.39, 0.29) is 11.0 Å². The predicted molar refractivity (Wildman–Crippen MR) is 79.6 cm³/mol. The van der Waals surface area contributed by atoms with Crippen LogP contribution in [0.4, 0.5) is 0 Å². The fourth-order valence-corrected chi connectivity index (χ4v) is 4.09. The Morgan fingerprint density at radius 1 is 1.50 bits per heavy atom. The number of hydrogen-bond acceptors (Lipinski definition) is 4. The van der Waals surface area contributed by atoms with Crippen LogP contribution in [0.2, 0.25) is 0 Å². The average Bonchev–Trinajstić information content (AvgIpc) is 2.89. The number of methoxy groups -OCH3 is 1. The molecule has 0 saturated carbocycles. The van der Waals surface area contributed by atoms with Gasteiger partial charge in [0.2, 0.25) is 10.0 Å². The molecule has 1 fully saturated rings. The summed E-state index contributed by atoms with van der Waals surface area (Å²) in [4.78, 5) is 0.232. The summed E-state index contributed by atoms with van der Waals surface area (Å²) in [5.41, 5.74) is 0.664. The first-order valence-electron chi connectivity index (χ1n) is 6.39. The fraction of sp³-hybridized carbons (Fsp3) is 0.538. The van der Waals surface area contributed by atoms with Crippen molar-refractivity contribution in [3.63, 3.8) is 0 Å². The number of aryl methyl sites for hydroxylation is 1. The molecule has 1 aromatic rings. The van der Waals surface area contributed by atoms with E-state index in [1.54, 1.807) is 13.0 Å². The lowest BCUT2D eigenvalue weighted by molar-refractivity contribution is 0.114. The van der Waals surface area contributed by atoms with Crippen LogP contribution in [0.15, 0.2) is 21.5 Å². The van der Waals surface area contributed by atoms with E-state index in [2.05, 4.69) is 20.7 Å². The highest BCUT2D eigenvalue weighted by Crippen LogP contribution is 2.30. The largest absolute Gasteiger partial charge is 0.496 e. The molecule has 0 bridgehead atoms. The standard InChI is InChI=1S/C13H18BrNO4S/c1-9-6-11(14)12(18-2)7-13(9)20(16,17)15-8-10-4-3-5-19-10/h6-7,10,15H,3-5,8H2,1-2H3/t10-/m1/s1. The third-order valence-electron chi connectivity index (χ3n) is 3.26. The molecule has 7 heteroatoms. The summed E-state index contributed by atoms with van der Waals surface area (Å²) >= 11 is 3.34. The normalized spacial score (nSPS) is 19.2. The van der Waals surface area contributed by atoms with Gasteiger partial charge < -0.3 is 9.47 Å². The van der Waals surface area contributed by atoms with E-state index in [0.717, 1.165) is 17.3 Å². The van der Waals surface area contributed by atoms with Crippen molar-refractivity contribution < 1.29 is 17.9 Å². The van der Waals surface area contributed by atoms with Gasteiger partial charge >= 0.3 is 0 Å². The Balaban J connectivity index is 2.19. The van der Waals surface area contributed by atoms with Gasteiger partial charge in [-0.15, -0.1) is 0 Å². The summed E-state index contributed by atoms with van der Waals surface area (Å²) in [6.45, 7) is 2.77. The molecule has 0 radical (unpaired) electrons. The number of halogens is 1. The van der Waals surface area contributed by atoms with Crippen LogP contribution in [-0.4, -0.2) is 34.8 Å². The smallest absolute Gasteiger partial charge is 0.241 e. The van der Waals surface area contributed by atoms with E-state index < -0.39 is 10.0 Å². The molecule has 1 atom stereocenters. The van der Waals surface area contributed by atoms with Gasteiger partial charge in [-0.2, -0.15) is 0 Å². The summed E-state index contributed by atoms with van der Waals surface area (Å²) < 4.78 is 38.6. The topological polar surface area (TPSA) is 64.6 Å². The van der Waals surface area contributed by atoms with E-state index in [4.69, 9.17) is 9.47 Å². The SMILES string of the molecule is COc1cc(S(=O)(=O)NC[C@H]2CCCO2)c(C)cc1Br. The van der Waals surface area contributed by atoms with Gasteiger partial charge in [0, 0.05) is 19.2 Å². The van der Waals surface area contributed by atoms with Crippen molar-refractivity contribution >= 4 is 26.0 Å². The fourth-order valence-electron chi connectivity index (χ4n) is 2.17. The van der Waals surface area contributed by atoms with Gasteiger partial charge in [0.25, 0.3) is 0 Å². The lowest BCUT2D eigenvalue weighted by Gasteiger charge is -2.14. The maximum atomic E-state index is 12.4. The van der Waals surface area contributed by atoms with Crippen molar-refractivity contribution in [1.29, 1.82) is 0 Å². The highest BCUT2D eigenvalue weighted by molar-refractivity contribution is 9.10. The van der Waals surface area contributed by atoms with Crippen LogP contribution in [0.5, 0.6) is 5.75 Å². The molecular formula is C13H18BrNO4S. The third kappa shape index (κ3) is 3.52. The molecule has 1 saturated heterocycles. The molecule has 1 aliphatic heterocycles. The molecule has 1 heterocycles. The number of ether oxygens (including phenoxy) is 2. The number of nitrogens with one attached hydrogen (secondary N) is 1. The van der Waals surface area contributed by atoms with E-state index in [0.29, 0.717) is 24.5 Å². The first-order valence-corrected chi connectivity index (χ1v) is 8.67. The summed E-state index contributed by atoms with van der Waals surface area (Å²) in [5.74, 6) is 0.494. The Morgan fingerprint density at radius 3 is 2.85 bits per heavy atom. The summed E-state index contributed by atoms with van der Waals surface area (Å²) in [6.07, 6.45) is 1.85. The van der Waals surface area contributed by atoms with Gasteiger partial charge in [-0.25, -0.2) is 13.1 Å². The van der Waals surface area contributed by atoms with Crippen molar-refractivity contribution in [3.05, 3.63) is 22.2 Å². The lowest BCUT2D eigenvalue weighted by Crippen LogP contribution is -2.32. The number of sulfonamides is 1. The van der Waals surface area contributed by atoms with Gasteiger partial charge in [-0.1, -0.05) is 0 Å². The van der Waals surface area contributed by atoms with Gasteiger partial charge in [-0.05, 0) is 47.3 Å². The second kappa shape index (κ2) is 6.43. The van der Waals surface area contributed by atoms with Crippen LogP contribution in [0.25, 0.3) is 0 Å². The van der Waals surface area contributed by atoms with Crippen molar-refractivity contribution in [3.8, 4) is 5.75 Å². The Hall–Kier alpha value is -0.630. The Morgan fingerprint density at radius 2 is 2.25 bits per heavy atom. The molecule has 1 N–H and O–H groups in total. The monoisotopic (exact) mass is 363 g/mol. The van der Waals surface area contributed by atoms with Crippen LogP contribution in [0.1, 0.15) is 18.4 Å². The highest BCUT2D eigenvalue weighted by atomic mass is 79.9. The first kappa shape index (κ1) is 15.8. The van der Waals surface area contributed by atoms with E-state index >= 15 is 0 Å². The zero-order valence-corrected chi connectivity index (χ0v) is 13.9. The number of benzene rings is 1. The lowest BCUT2D eigenvalue weighted by atomic mass is 10.2. The molecule has 5 nitrogen and oxygen atoms in total. The maximum absolute atomic E-state index is 12.4. The van der Waals surface area contributed by atoms with E-state index in [1.165, 1.54) is 13.2 Å². The van der Waals surface area contributed by atoms with Crippen molar-refractivity contribution in [2.24, 2.45) is 0 Å². The van der Waals surface area contributed by atoms with E-state index in [1.807, 2.05) is 0 Å². The van der Waals surface area contributed by atoms with Crippen molar-refractivity contribution in [1.82, 2.24) is 4.72 Å². The minimum absolute atomic E-state index is 0.0255. The Kier molecular flexibility index (Phi) is 5.06. The second-order valence-electron chi connectivity index (χ2n) is 4.74. The molecule has 112 valence electrons. The highest BCUT2D eigenvalue weighted by Gasteiger charge is 2.22. The average molecular weight is 364 g/mol. The zero-order chi connectivity index (χ0) is 14.8. The molecule has 1 aliphatic rings. The molecule has 0 spiro atoms. The van der Waals surface area contributed by atoms with Crippen LogP contribution >= 0.6 is 15.9 Å². The minimum atomic E-state index is -3.56. The Labute approximate surface area is 127 Å². The van der Waals surface area contributed by atoms with Gasteiger partial charge in [0.1, 0.15) is 5.75 Å². The molecular weight excluding hydrogens is 346 g/mol. The van der Waals surface area contributed by atoms with Crippen molar-refractivity contribution in [2.45, 2.75) is 30.8 Å². The Bertz CT molecular complexity index is 582. The van der Waals surface area contributed by atoms with Crippen LogP contribution < -0.4 is 9.46 Å². The number of hydrogen-bond donors (Lipinski definition) is 1. The first-order chi connectivity index (χ1) is 9.44. The number of rotatable bonds is 5. The molecule has 0 amide bonds. The molecule has 1 aromatic carbocycles. The molecule has 0 aliphatic carbocycles. The predicted octanol–water partition coefficient (Wildman–Crippen LogP) is 2.22. The zero-order valence-electron chi connectivity index (χ0n) is 11.5. The van der Waals surface area contributed by atoms with Crippen LogP contribution in [0.3, 0.4) is 0 Å². The minimum Gasteiger partial charge on any atom is -0.496 e. The summed E-state index contributed by atoms with van der Waals surface area (Å²) in [6, 6.07) is 3.26. The molecule has 0 unspecified atom stereocenters. The van der Waals surface area contributed by atoms with Crippen LogP contribution in [0, 0.1) is 6.92 Å². The summed E-state index contributed by atoms with van der Waals surface area (Å²) in [7, 11) is -2.05. The van der Waals surface area contributed by atoms with Crippen molar-refractivity contribution in [2.75, 3.05) is 20.3 Å². The molecule has 20 heavy (non-hydrogen) atoms.